The maximum Gasteiger partial charge on any atom is 0.228 e. The zero-order valence-corrected chi connectivity index (χ0v) is 29.1. The Kier molecular flexibility index (Phi) is 6.79. The van der Waals surface area contributed by atoms with E-state index in [2.05, 4.69) is 161 Å². The summed E-state index contributed by atoms with van der Waals surface area (Å²) in [6, 6.07) is 65.7. The van der Waals surface area contributed by atoms with Crippen LogP contribution in [0, 0.1) is 0 Å². The molecule has 8 aromatic carbocycles. The van der Waals surface area contributed by atoms with Crippen LogP contribution in [0.4, 0.5) is 17.1 Å². The van der Waals surface area contributed by atoms with Gasteiger partial charge in [0.25, 0.3) is 0 Å². The standard InChI is InChI=1S/C49H31N3O2/c1-3-13-32(14-4-1)33-15-11-18-35(29-33)51(37-26-28-46-40(30-37)38-19-7-9-23-45(38)53-46)36-25-27-43-41(31-36)48-39(49-50-42-21-8-10-24-47(42)54-49)20-12-22-44(48)52(43)34-16-5-2-6-17-34/h1-31H. The van der Waals surface area contributed by atoms with Crippen molar-refractivity contribution in [1.29, 1.82) is 0 Å². The van der Waals surface area contributed by atoms with Gasteiger partial charge in [-0.15, -0.1) is 0 Å². The maximum atomic E-state index is 6.43. The molecule has 0 N–H and O–H groups in total. The van der Waals surface area contributed by atoms with E-state index in [1.807, 2.05) is 36.4 Å². The lowest BCUT2D eigenvalue weighted by atomic mass is 10.0. The van der Waals surface area contributed by atoms with Gasteiger partial charge >= 0.3 is 0 Å². The SMILES string of the molecule is c1ccc(-c2cccc(N(c3ccc4oc5ccccc5c4c3)c3ccc4c(c3)c3c(-c5nc6ccccc6o5)cccc3n4-c3ccccc3)c2)cc1. The van der Waals surface area contributed by atoms with E-state index in [1.54, 1.807) is 0 Å². The largest absolute Gasteiger partial charge is 0.456 e. The molecule has 0 spiro atoms. The average Bonchev–Trinajstić information content (AvgIpc) is 3.93. The molecule has 0 aliphatic carbocycles. The summed E-state index contributed by atoms with van der Waals surface area (Å²) in [6.45, 7) is 0. The van der Waals surface area contributed by atoms with Crippen molar-refractivity contribution >= 4 is 71.9 Å². The third-order valence-electron chi connectivity index (χ3n) is 10.4. The summed E-state index contributed by atoms with van der Waals surface area (Å²) in [5.74, 6) is 0.601. The van der Waals surface area contributed by atoms with E-state index < -0.39 is 0 Å². The van der Waals surface area contributed by atoms with Crippen LogP contribution in [0.3, 0.4) is 0 Å². The van der Waals surface area contributed by atoms with Crippen LogP contribution in [-0.4, -0.2) is 9.55 Å². The van der Waals surface area contributed by atoms with Gasteiger partial charge in [-0.25, -0.2) is 4.98 Å². The fourth-order valence-corrected chi connectivity index (χ4v) is 7.97. The van der Waals surface area contributed by atoms with E-state index in [1.165, 1.54) is 5.56 Å². The van der Waals surface area contributed by atoms with E-state index in [0.29, 0.717) is 5.89 Å². The molecule has 54 heavy (non-hydrogen) atoms. The minimum atomic E-state index is 0.601. The lowest BCUT2D eigenvalue weighted by Crippen LogP contribution is -2.10. The number of furan rings is 1. The third kappa shape index (κ3) is 4.83. The first-order valence-corrected chi connectivity index (χ1v) is 18.1. The van der Waals surface area contributed by atoms with Crippen molar-refractivity contribution in [3.63, 3.8) is 0 Å². The number of aromatic nitrogens is 2. The smallest absolute Gasteiger partial charge is 0.228 e. The van der Waals surface area contributed by atoms with Gasteiger partial charge in [0.15, 0.2) is 5.58 Å². The molecule has 11 aromatic rings. The van der Waals surface area contributed by atoms with Gasteiger partial charge < -0.3 is 18.3 Å². The van der Waals surface area contributed by atoms with Crippen LogP contribution >= 0.6 is 0 Å². The normalized spacial score (nSPS) is 11.7. The Morgan fingerprint density at radius 2 is 1.09 bits per heavy atom. The van der Waals surface area contributed by atoms with Crippen LogP contribution in [0.2, 0.25) is 0 Å². The first-order valence-electron chi connectivity index (χ1n) is 18.1. The number of nitrogens with zero attached hydrogens (tertiary/aromatic N) is 3. The quantitative estimate of drug-likeness (QED) is 0.174. The van der Waals surface area contributed by atoms with Crippen molar-refractivity contribution in [3.8, 4) is 28.3 Å². The lowest BCUT2D eigenvalue weighted by molar-refractivity contribution is 0.620. The highest BCUT2D eigenvalue weighted by Gasteiger charge is 2.22. The molecule has 0 saturated heterocycles. The molecule has 3 aromatic heterocycles. The zero-order valence-electron chi connectivity index (χ0n) is 29.1. The van der Waals surface area contributed by atoms with Crippen molar-refractivity contribution in [2.45, 2.75) is 0 Å². The van der Waals surface area contributed by atoms with Crippen molar-refractivity contribution in [1.82, 2.24) is 9.55 Å². The predicted molar refractivity (Wildman–Crippen MR) is 221 cm³/mol. The van der Waals surface area contributed by atoms with Crippen molar-refractivity contribution in [2.24, 2.45) is 0 Å². The number of para-hydroxylation sites is 4. The fourth-order valence-electron chi connectivity index (χ4n) is 7.97. The van der Waals surface area contributed by atoms with Gasteiger partial charge in [0.2, 0.25) is 5.89 Å². The molecular weight excluding hydrogens is 663 g/mol. The summed E-state index contributed by atoms with van der Waals surface area (Å²) in [4.78, 5) is 7.31. The van der Waals surface area contributed by atoms with Crippen LogP contribution in [0.1, 0.15) is 0 Å². The summed E-state index contributed by atoms with van der Waals surface area (Å²) in [6.07, 6.45) is 0. The number of fused-ring (bicyclic) bond motifs is 7. The second-order valence-corrected chi connectivity index (χ2v) is 13.6. The molecule has 11 rings (SSSR count). The van der Waals surface area contributed by atoms with Crippen molar-refractivity contribution < 1.29 is 8.83 Å². The van der Waals surface area contributed by atoms with Gasteiger partial charge in [-0.3, -0.25) is 0 Å². The van der Waals surface area contributed by atoms with E-state index in [4.69, 9.17) is 13.8 Å². The van der Waals surface area contributed by atoms with Gasteiger partial charge in [0.05, 0.1) is 11.0 Å². The monoisotopic (exact) mass is 693 g/mol. The fraction of sp³-hybridized carbons (Fsp3) is 0. The van der Waals surface area contributed by atoms with E-state index >= 15 is 0 Å². The Hall–Kier alpha value is -7.37. The van der Waals surface area contributed by atoms with E-state index in [-0.39, 0.29) is 0 Å². The second-order valence-electron chi connectivity index (χ2n) is 13.6. The van der Waals surface area contributed by atoms with Gasteiger partial charge in [0.1, 0.15) is 16.7 Å². The molecule has 0 atom stereocenters. The summed E-state index contributed by atoms with van der Waals surface area (Å²) in [5.41, 5.74) is 13.0. The van der Waals surface area contributed by atoms with Crippen LogP contribution in [0.5, 0.6) is 0 Å². The van der Waals surface area contributed by atoms with Gasteiger partial charge in [-0.1, -0.05) is 97.1 Å². The first-order chi connectivity index (χ1) is 26.8. The number of hydrogen-bond acceptors (Lipinski definition) is 4. The number of rotatable bonds is 6. The number of oxazole rings is 1. The Labute approximate surface area is 310 Å². The van der Waals surface area contributed by atoms with Gasteiger partial charge in [-0.2, -0.15) is 0 Å². The maximum absolute atomic E-state index is 6.43. The molecule has 0 bridgehead atoms. The first kappa shape index (κ1) is 30.3. The molecular formula is C49H31N3O2. The molecule has 5 heteroatoms. The molecule has 0 saturated carbocycles. The van der Waals surface area contributed by atoms with E-state index in [9.17, 15) is 0 Å². The molecule has 5 nitrogen and oxygen atoms in total. The highest BCUT2D eigenvalue weighted by Crippen LogP contribution is 2.44. The molecule has 254 valence electrons. The predicted octanol–water partition coefficient (Wildman–Crippen LogP) is 13.6. The Morgan fingerprint density at radius 3 is 1.94 bits per heavy atom. The van der Waals surface area contributed by atoms with Crippen LogP contribution in [0.15, 0.2) is 197 Å². The molecule has 0 unspecified atom stereocenters. The molecule has 0 radical (unpaired) electrons. The summed E-state index contributed by atoms with van der Waals surface area (Å²) in [5, 5.41) is 4.35. The Bertz CT molecular complexity index is 3140. The van der Waals surface area contributed by atoms with Gasteiger partial charge in [-0.05, 0) is 102 Å². The molecule has 0 fully saturated rings. The van der Waals surface area contributed by atoms with Crippen molar-refractivity contribution in [3.05, 3.63) is 188 Å². The molecule has 0 aliphatic rings. The highest BCUT2D eigenvalue weighted by molar-refractivity contribution is 6.16. The molecule has 0 aliphatic heterocycles. The minimum absolute atomic E-state index is 0.601. The number of anilines is 3. The molecule has 0 amide bonds. The van der Waals surface area contributed by atoms with E-state index in [0.717, 1.165) is 88.7 Å². The second kappa shape index (κ2) is 12.1. The summed E-state index contributed by atoms with van der Waals surface area (Å²) in [7, 11) is 0. The Balaban J connectivity index is 1.19. The lowest BCUT2D eigenvalue weighted by Gasteiger charge is -2.26. The average molecular weight is 694 g/mol. The Morgan fingerprint density at radius 1 is 0.426 bits per heavy atom. The van der Waals surface area contributed by atoms with Gasteiger partial charge in [0, 0.05) is 49.9 Å². The molecule has 3 heterocycles. The van der Waals surface area contributed by atoms with Crippen LogP contribution in [-0.2, 0) is 0 Å². The number of benzene rings is 8. The zero-order chi connectivity index (χ0) is 35.6. The van der Waals surface area contributed by atoms with Crippen LogP contribution < -0.4 is 4.90 Å². The minimum Gasteiger partial charge on any atom is -0.456 e. The third-order valence-corrected chi connectivity index (χ3v) is 10.4. The summed E-state index contributed by atoms with van der Waals surface area (Å²) < 4.78 is 15.0. The topological polar surface area (TPSA) is 47.3 Å². The van der Waals surface area contributed by atoms with Crippen LogP contribution in [0.25, 0.3) is 83.1 Å². The summed E-state index contributed by atoms with van der Waals surface area (Å²) >= 11 is 0. The van der Waals surface area contributed by atoms with Crippen molar-refractivity contribution in [2.75, 3.05) is 4.90 Å². The highest BCUT2D eigenvalue weighted by atomic mass is 16.3. The number of hydrogen-bond donors (Lipinski definition) is 0.